The Bertz CT molecular complexity index is 1130. The van der Waals surface area contributed by atoms with Gasteiger partial charge in [-0.1, -0.05) is 41.6 Å². The van der Waals surface area contributed by atoms with Crippen LogP contribution in [-0.4, -0.2) is 32.3 Å². The summed E-state index contributed by atoms with van der Waals surface area (Å²) >= 11 is 2.92. The smallest absolute Gasteiger partial charge is 0.343 e. The van der Waals surface area contributed by atoms with Gasteiger partial charge >= 0.3 is 5.97 Å². The average Bonchev–Trinajstić information content (AvgIpc) is 3.44. The number of aromatic nitrogens is 4. The van der Waals surface area contributed by atoms with Crippen molar-refractivity contribution in [1.29, 1.82) is 0 Å². The summed E-state index contributed by atoms with van der Waals surface area (Å²) in [4.78, 5) is 26.9. The number of aryl methyl sites for hydroxylation is 1. The van der Waals surface area contributed by atoms with E-state index in [0.717, 1.165) is 10.4 Å². The number of nitrogens with zero attached hydrogens (tertiary/aromatic N) is 4. The van der Waals surface area contributed by atoms with Gasteiger partial charge < -0.3 is 9.26 Å². The molecule has 146 valence electrons. The summed E-state index contributed by atoms with van der Waals surface area (Å²) in [5.41, 5.74) is 1.74. The molecular formula is C20H16N4O3S2. The molecule has 0 unspecified atom stereocenters. The lowest BCUT2D eigenvalue weighted by atomic mass is 10.2. The van der Waals surface area contributed by atoms with Crippen LogP contribution in [0.1, 0.15) is 21.9 Å². The Morgan fingerprint density at radius 1 is 1.10 bits per heavy atom. The molecule has 0 aliphatic rings. The fourth-order valence-electron chi connectivity index (χ4n) is 2.66. The van der Waals surface area contributed by atoms with Crippen molar-refractivity contribution in [2.45, 2.75) is 18.6 Å². The number of carbonyl (C=O) groups is 1. The lowest BCUT2D eigenvalue weighted by Crippen LogP contribution is -2.12. The van der Waals surface area contributed by atoms with Crippen molar-refractivity contribution in [3.63, 3.8) is 0 Å². The number of hydrogen-bond acceptors (Lipinski definition) is 9. The van der Waals surface area contributed by atoms with E-state index in [0.29, 0.717) is 27.9 Å². The maximum absolute atomic E-state index is 12.7. The zero-order valence-corrected chi connectivity index (χ0v) is 17.3. The molecule has 0 atom stereocenters. The molecule has 0 spiro atoms. The molecule has 7 nitrogen and oxygen atoms in total. The van der Waals surface area contributed by atoms with Gasteiger partial charge in [-0.25, -0.2) is 14.8 Å². The minimum Gasteiger partial charge on any atom is -0.452 e. The monoisotopic (exact) mass is 424 g/mol. The highest BCUT2D eigenvalue weighted by atomic mass is 32.2. The SMILES string of the molecule is CSc1nc(-c2cccs2)nc(C)c1C(=O)OCc1nc(-c2ccccc2)no1. The van der Waals surface area contributed by atoms with Crippen molar-refractivity contribution in [3.05, 3.63) is 65.0 Å². The van der Waals surface area contributed by atoms with Crippen LogP contribution in [0.15, 0.2) is 57.4 Å². The van der Waals surface area contributed by atoms with E-state index in [9.17, 15) is 4.79 Å². The molecule has 4 rings (SSSR count). The van der Waals surface area contributed by atoms with E-state index in [2.05, 4.69) is 20.1 Å². The minimum absolute atomic E-state index is 0.126. The number of thiophene rings is 1. The highest BCUT2D eigenvalue weighted by Gasteiger charge is 2.21. The molecular weight excluding hydrogens is 408 g/mol. The van der Waals surface area contributed by atoms with E-state index in [1.807, 2.05) is 54.1 Å². The third-order valence-electron chi connectivity index (χ3n) is 4.02. The molecule has 1 aromatic carbocycles. The van der Waals surface area contributed by atoms with E-state index >= 15 is 0 Å². The first-order valence-electron chi connectivity index (χ1n) is 8.67. The minimum atomic E-state index is -0.524. The van der Waals surface area contributed by atoms with Gasteiger partial charge in [-0.05, 0) is 24.6 Å². The first-order valence-corrected chi connectivity index (χ1v) is 10.8. The molecule has 0 fully saturated rings. The first-order chi connectivity index (χ1) is 14.2. The van der Waals surface area contributed by atoms with Crippen molar-refractivity contribution >= 4 is 29.1 Å². The summed E-state index contributed by atoms with van der Waals surface area (Å²) in [7, 11) is 0. The number of thioether (sulfide) groups is 1. The van der Waals surface area contributed by atoms with Crippen molar-refractivity contribution in [2.75, 3.05) is 6.26 Å². The normalized spacial score (nSPS) is 10.8. The van der Waals surface area contributed by atoms with Gasteiger partial charge in [0.2, 0.25) is 5.82 Å². The van der Waals surface area contributed by atoms with Gasteiger partial charge in [0.1, 0.15) is 10.6 Å². The summed E-state index contributed by atoms with van der Waals surface area (Å²) in [6.07, 6.45) is 1.86. The van der Waals surface area contributed by atoms with Crippen LogP contribution in [0, 0.1) is 6.92 Å². The second-order valence-electron chi connectivity index (χ2n) is 5.95. The number of carbonyl (C=O) groups excluding carboxylic acids is 1. The molecule has 29 heavy (non-hydrogen) atoms. The number of esters is 1. The second-order valence-corrected chi connectivity index (χ2v) is 7.69. The molecule has 0 saturated heterocycles. The van der Waals surface area contributed by atoms with Crippen LogP contribution in [-0.2, 0) is 11.3 Å². The molecule has 0 N–H and O–H groups in total. The maximum Gasteiger partial charge on any atom is 0.343 e. The molecule has 0 saturated carbocycles. The Labute approximate surface area is 175 Å². The topological polar surface area (TPSA) is 91.0 Å². The van der Waals surface area contributed by atoms with Gasteiger partial charge in [-0.3, -0.25) is 0 Å². The van der Waals surface area contributed by atoms with E-state index in [4.69, 9.17) is 9.26 Å². The Hall–Kier alpha value is -3.04. The fourth-order valence-corrected chi connectivity index (χ4v) is 3.93. The quantitative estimate of drug-likeness (QED) is 0.251. The highest BCUT2D eigenvalue weighted by molar-refractivity contribution is 7.98. The molecule has 0 aliphatic heterocycles. The highest BCUT2D eigenvalue weighted by Crippen LogP contribution is 2.28. The van der Waals surface area contributed by atoms with Crippen LogP contribution in [0.2, 0.25) is 0 Å². The summed E-state index contributed by atoms with van der Waals surface area (Å²) in [6.45, 7) is 1.65. The Kier molecular flexibility index (Phi) is 5.68. The standard InChI is InChI=1S/C20H16N4O3S2/c1-12-16(19(28-2)23-18(21-12)14-9-6-10-29-14)20(25)26-11-15-22-17(24-27-15)13-7-4-3-5-8-13/h3-10H,11H2,1-2H3. The molecule has 9 heteroatoms. The van der Waals surface area contributed by atoms with E-state index < -0.39 is 5.97 Å². The predicted octanol–water partition coefficient (Wildman–Crippen LogP) is 4.64. The largest absolute Gasteiger partial charge is 0.452 e. The van der Waals surface area contributed by atoms with Crippen molar-refractivity contribution in [2.24, 2.45) is 0 Å². The molecule has 0 bridgehead atoms. The molecule has 3 aromatic heterocycles. The van der Waals surface area contributed by atoms with Gasteiger partial charge in [0.15, 0.2) is 12.4 Å². The van der Waals surface area contributed by atoms with E-state index in [-0.39, 0.29) is 12.5 Å². The van der Waals surface area contributed by atoms with Gasteiger partial charge in [0.05, 0.1) is 10.6 Å². The Morgan fingerprint density at radius 3 is 2.66 bits per heavy atom. The van der Waals surface area contributed by atoms with Crippen molar-refractivity contribution in [1.82, 2.24) is 20.1 Å². The van der Waals surface area contributed by atoms with E-state index in [1.54, 1.807) is 18.3 Å². The molecule has 0 aliphatic carbocycles. The van der Waals surface area contributed by atoms with Gasteiger partial charge in [-0.15, -0.1) is 23.1 Å². The van der Waals surface area contributed by atoms with Crippen LogP contribution in [0.25, 0.3) is 22.1 Å². The van der Waals surface area contributed by atoms with Gasteiger partial charge in [0.25, 0.3) is 5.89 Å². The molecule has 0 amide bonds. The van der Waals surface area contributed by atoms with Crippen LogP contribution >= 0.6 is 23.1 Å². The van der Waals surface area contributed by atoms with Crippen LogP contribution in [0.3, 0.4) is 0 Å². The van der Waals surface area contributed by atoms with Crippen molar-refractivity contribution in [3.8, 4) is 22.1 Å². The predicted molar refractivity (Wildman–Crippen MR) is 111 cm³/mol. The van der Waals surface area contributed by atoms with E-state index in [1.165, 1.54) is 11.8 Å². The summed E-state index contributed by atoms with van der Waals surface area (Å²) in [5, 5.41) is 6.46. The third kappa shape index (κ3) is 4.20. The Balaban J connectivity index is 1.51. The zero-order valence-electron chi connectivity index (χ0n) is 15.7. The summed E-state index contributed by atoms with van der Waals surface area (Å²) in [6, 6.07) is 13.3. The van der Waals surface area contributed by atoms with Crippen molar-refractivity contribution < 1.29 is 14.1 Å². The summed E-state index contributed by atoms with van der Waals surface area (Å²) < 4.78 is 10.6. The van der Waals surface area contributed by atoms with Crippen LogP contribution in [0.5, 0.6) is 0 Å². The fraction of sp³-hybridized carbons (Fsp3) is 0.150. The van der Waals surface area contributed by atoms with Crippen LogP contribution in [0.4, 0.5) is 0 Å². The Morgan fingerprint density at radius 2 is 1.93 bits per heavy atom. The third-order valence-corrected chi connectivity index (χ3v) is 5.57. The second kappa shape index (κ2) is 8.54. The maximum atomic E-state index is 12.7. The van der Waals surface area contributed by atoms with Crippen LogP contribution < -0.4 is 0 Å². The number of rotatable bonds is 6. The molecule has 3 heterocycles. The zero-order chi connectivity index (χ0) is 20.2. The molecule has 0 radical (unpaired) electrons. The average molecular weight is 425 g/mol. The van der Waals surface area contributed by atoms with Gasteiger partial charge in [-0.2, -0.15) is 4.98 Å². The number of benzene rings is 1. The molecule has 4 aromatic rings. The first kappa shape index (κ1) is 19.3. The number of ether oxygens (including phenoxy) is 1. The number of hydrogen-bond donors (Lipinski definition) is 0. The lowest BCUT2D eigenvalue weighted by Gasteiger charge is -2.10. The van der Waals surface area contributed by atoms with Gasteiger partial charge in [0, 0.05) is 5.56 Å². The summed E-state index contributed by atoms with van der Waals surface area (Å²) in [5.74, 6) is 0.741. The lowest BCUT2D eigenvalue weighted by molar-refractivity contribution is 0.0423.